The van der Waals surface area contributed by atoms with Gasteiger partial charge in [0.05, 0.1) is 10.8 Å². The van der Waals surface area contributed by atoms with Crippen molar-refractivity contribution in [3.63, 3.8) is 0 Å². The minimum absolute atomic E-state index is 0.0739. The molecule has 0 bridgehead atoms. The lowest BCUT2D eigenvalue weighted by Crippen LogP contribution is -2.23. The van der Waals surface area contributed by atoms with E-state index in [1.807, 2.05) is 24.3 Å². The number of aryl methyl sites for hydroxylation is 1. The summed E-state index contributed by atoms with van der Waals surface area (Å²) in [6, 6.07) is 14.5. The van der Waals surface area contributed by atoms with E-state index in [4.69, 9.17) is 0 Å². The number of amides is 1. The Labute approximate surface area is 132 Å². The van der Waals surface area contributed by atoms with Crippen LogP contribution in [-0.2, 0) is 11.2 Å². The molecule has 2 aromatic carbocycles. The SMILES string of the molecule is O=C(O)c1ccccc1SC1CCc2ccccc2NC1=O. The molecule has 112 valence electrons. The zero-order chi connectivity index (χ0) is 15.5. The number of nitrogens with one attached hydrogen (secondary N) is 1. The summed E-state index contributed by atoms with van der Waals surface area (Å²) in [5.74, 6) is -1.05. The van der Waals surface area contributed by atoms with Crippen molar-refractivity contribution < 1.29 is 14.7 Å². The predicted molar refractivity (Wildman–Crippen MR) is 86.4 cm³/mol. The van der Waals surface area contributed by atoms with Gasteiger partial charge in [-0.1, -0.05) is 30.3 Å². The maximum atomic E-state index is 12.4. The minimum atomic E-state index is -0.972. The Kier molecular flexibility index (Phi) is 4.15. The Bertz CT molecular complexity index is 729. The van der Waals surface area contributed by atoms with Gasteiger partial charge < -0.3 is 10.4 Å². The molecule has 1 unspecified atom stereocenters. The number of para-hydroxylation sites is 1. The van der Waals surface area contributed by atoms with Gasteiger partial charge in [-0.3, -0.25) is 4.79 Å². The number of carbonyl (C=O) groups is 2. The first-order valence-electron chi connectivity index (χ1n) is 7.03. The number of thioether (sulfide) groups is 1. The maximum Gasteiger partial charge on any atom is 0.336 e. The average Bonchev–Trinajstić information content (AvgIpc) is 2.67. The summed E-state index contributed by atoms with van der Waals surface area (Å²) < 4.78 is 0. The molecule has 0 radical (unpaired) electrons. The molecule has 5 heteroatoms. The Balaban J connectivity index is 1.83. The number of carboxylic acids is 1. The molecule has 0 spiro atoms. The first kappa shape index (κ1) is 14.7. The molecule has 0 saturated heterocycles. The lowest BCUT2D eigenvalue weighted by atomic mass is 10.1. The molecule has 0 aromatic heterocycles. The van der Waals surface area contributed by atoms with Crippen LogP contribution in [0.25, 0.3) is 0 Å². The van der Waals surface area contributed by atoms with Crippen LogP contribution in [0, 0.1) is 0 Å². The van der Waals surface area contributed by atoms with Gasteiger partial charge in [0.25, 0.3) is 0 Å². The van der Waals surface area contributed by atoms with Crippen LogP contribution in [0.1, 0.15) is 22.3 Å². The van der Waals surface area contributed by atoms with Gasteiger partial charge in [0.1, 0.15) is 0 Å². The summed E-state index contributed by atoms with van der Waals surface area (Å²) >= 11 is 1.32. The number of fused-ring (bicyclic) bond motifs is 1. The van der Waals surface area contributed by atoms with Crippen molar-refractivity contribution in [2.75, 3.05) is 5.32 Å². The van der Waals surface area contributed by atoms with Gasteiger partial charge in [-0.05, 0) is 36.6 Å². The average molecular weight is 313 g/mol. The van der Waals surface area contributed by atoms with Crippen LogP contribution >= 0.6 is 11.8 Å². The maximum absolute atomic E-state index is 12.4. The molecule has 3 rings (SSSR count). The standard InChI is InChI=1S/C17H15NO3S/c19-16-15(10-9-11-5-1-3-7-13(11)18-16)22-14-8-4-2-6-12(14)17(20)21/h1-8,15H,9-10H2,(H,18,19)(H,20,21). The monoisotopic (exact) mass is 313 g/mol. The second kappa shape index (κ2) is 6.23. The molecule has 4 nitrogen and oxygen atoms in total. The number of anilines is 1. The Morgan fingerprint density at radius 1 is 1.14 bits per heavy atom. The molecule has 2 aromatic rings. The van der Waals surface area contributed by atoms with E-state index in [1.165, 1.54) is 11.8 Å². The van der Waals surface area contributed by atoms with E-state index < -0.39 is 5.97 Å². The van der Waals surface area contributed by atoms with Crippen LogP contribution in [0.15, 0.2) is 53.4 Å². The van der Waals surface area contributed by atoms with E-state index in [0.717, 1.165) is 17.7 Å². The second-order valence-electron chi connectivity index (χ2n) is 5.09. The van der Waals surface area contributed by atoms with Crippen molar-refractivity contribution in [3.05, 3.63) is 59.7 Å². The number of aromatic carboxylic acids is 1. The number of carboxylic acid groups (broad SMARTS) is 1. The lowest BCUT2D eigenvalue weighted by Gasteiger charge is -2.14. The fourth-order valence-electron chi connectivity index (χ4n) is 2.50. The zero-order valence-electron chi connectivity index (χ0n) is 11.8. The first-order chi connectivity index (χ1) is 10.6. The van der Waals surface area contributed by atoms with Crippen molar-refractivity contribution >= 4 is 29.3 Å². The van der Waals surface area contributed by atoms with Crippen molar-refractivity contribution in [1.82, 2.24) is 0 Å². The van der Waals surface area contributed by atoms with Crippen molar-refractivity contribution in [2.24, 2.45) is 0 Å². The molecule has 1 heterocycles. The molecule has 1 aliphatic rings. The smallest absolute Gasteiger partial charge is 0.336 e. The molecule has 22 heavy (non-hydrogen) atoms. The summed E-state index contributed by atoms with van der Waals surface area (Å²) in [6.07, 6.45) is 1.48. The lowest BCUT2D eigenvalue weighted by molar-refractivity contribution is -0.115. The Hall–Kier alpha value is -2.27. The molecule has 1 aliphatic heterocycles. The van der Waals surface area contributed by atoms with Crippen LogP contribution in [0.2, 0.25) is 0 Å². The van der Waals surface area contributed by atoms with Gasteiger partial charge in [0.15, 0.2) is 0 Å². The number of carbonyl (C=O) groups excluding carboxylic acids is 1. The molecular formula is C17H15NO3S. The third-order valence-electron chi connectivity index (χ3n) is 3.63. The fourth-order valence-corrected chi connectivity index (χ4v) is 3.65. The summed E-state index contributed by atoms with van der Waals surface area (Å²) in [5, 5.41) is 11.9. The van der Waals surface area contributed by atoms with Crippen molar-refractivity contribution in [3.8, 4) is 0 Å². The van der Waals surface area contributed by atoms with Gasteiger partial charge in [-0.15, -0.1) is 11.8 Å². The predicted octanol–water partition coefficient (Wildman–Crippen LogP) is 3.43. The minimum Gasteiger partial charge on any atom is -0.478 e. The van der Waals surface area contributed by atoms with E-state index >= 15 is 0 Å². The highest BCUT2D eigenvalue weighted by molar-refractivity contribution is 8.00. The van der Waals surface area contributed by atoms with Gasteiger partial charge in [-0.25, -0.2) is 4.79 Å². The topological polar surface area (TPSA) is 66.4 Å². The van der Waals surface area contributed by atoms with E-state index in [0.29, 0.717) is 11.3 Å². The first-order valence-corrected chi connectivity index (χ1v) is 7.91. The van der Waals surface area contributed by atoms with Crippen LogP contribution in [0.3, 0.4) is 0 Å². The Morgan fingerprint density at radius 2 is 1.86 bits per heavy atom. The van der Waals surface area contributed by atoms with Crippen LogP contribution < -0.4 is 5.32 Å². The summed E-state index contributed by atoms with van der Waals surface area (Å²) in [5.41, 5.74) is 2.20. The van der Waals surface area contributed by atoms with Crippen molar-refractivity contribution in [2.45, 2.75) is 23.0 Å². The highest BCUT2D eigenvalue weighted by Gasteiger charge is 2.25. The van der Waals surface area contributed by atoms with Crippen molar-refractivity contribution in [1.29, 1.82) is 0 Å². The van der Waals surface area contributed by atoms with Gasteiger partial charge in [-0.2, -0.15) is 0 Å². The normalized spacial score (nSPS) is 17.3. The number of rotatable bonds is 3. The molecule has 0 fully saturated rings. The van der Waals surface area contributed by atoms with E-state index in [-0.39, 0.29) is 16.7 Å². The molecule has 1 amide bonds. The highest BCUT2D eigenvalue weighted by atomic mass is 32.2. The number of hydrogen-bond donors (Lipinski definition) is 2. The third-order valence-corrected chi connectivity index (χ3v) is 4.97. The van der Waals surface area contributed by atoms with Gasteiger partial charge >= 0.3 is 5.97 Å². The van der Waals surface area contributed by atoms with Gasteiger partial charge in [0.2, 0.25) is 5.91 Å². The zero-order valence-corrected chi connectivity index (χ0v) is 12.6. The molecule has 0 aliphatic carbocycles. The fraction of sp³-hybridized carbons (Fsp3) is 0.176. The highest BCUT2D eigenvalue weighted by Crippen LogP contribution is 2.33. The van der Waals surface area contributed by atoms with Gasteiger partial charge in [0, 0.05) is 10.6 Å². The quantitative estimate of drug-likeness (QED) is 0.911. The van der Waals surface area contributed by atoms with E-state index in [9.17, 15) is 14.7 Å². The Morgan fingerprint density at radius 3 is 2.68 bits per heavy atom. The molecule has 2 N–H and O–H groups in total. The van der Waals surface area contributed by atoms with Crippen LogP contribution in [-0.4, -0.2) is 22.2 Å². The largest absolute Gasteiger partial charge is 0.478 e. The van der Waals surface area contributed by atoms with E-state index in [2.05, 4.69) is 5.32 Å². The van der Waals surface area contributed by atoms with Crippen LogP contribution in [0.4, 0.5) is 5.69 Å². The second-order valence-corrected chi connectivity index (χ2v) is 6.34. The molecule has 1 atom stereocenters. The summed E-state index contributed by atoms with van der Waals surface area (Å²) in [4.78, 5) is 24.3. The molecular weight excluding hydrogens is 298 g/mol. The molecule has 0 saturated carbocycles. The van der Waals surface area contributed by atoms with Crippen LogP contribution in [0.5, 0.6) is 0 Å². The number of benzene rings is 2. The number of hydrogen-bond acceptors (Lipinski definition) is 3. The summed E-state index contributed by atoms with van der Waals surface area (Å²) in [6.45, 7) is 0. The van der Waals surface area contributed by atoms with E-state index in [1.54, 1.807) is 24.3 Å². The third kappa shape index (κ3) is 2.99. The summed E-state index contributed by atoms with van der Waals surface area (Å²) in [7, 11) is 0.